The van der Waals surface area contributed by atoms with Crippen molar-refractivity contribution in [2.24, 2.45) is 0 Å². The molecule has 4 rings (SSSR count). The van der Waals surface area contributed by atoms with Gasteiger partial charge in [0.25, 0.3) is 5.91 Å². The van der Waals surface area contributed by atoms with E-state index in [1.54, 1.807) is 24.9 Å². The predicted octanol–water partition coefficient (Wildman–Crippen LogP) is 4.72. The van der Waals surface area contributed by atoms with Gasteiger partial charge in [0.15, 0.2) is 0 Å². The van der Waals surface area contributed by atoms with Gasteiger partial charge in [0.1, 0.15) is 23.7 Å². The molecule has 1 heterocycles. The molecule has 1 aromatic heterocycles. The van der Waals surface area contributed by atoms with Gasteiger partial charge in [0.2, 0.25) is 0 Å². The second-order valence-corrected chi connectivity index (χ2v) is 11.3. The van der Waals surface area contributed by atoms with Crippen LogP contribution in [-0.4, -0.2) is 42.1 Å². The molecule has 0 spiro atoms. The summed E-state index contributed by atoms with van der Waals surface area (Å²) in [4.78, 5) is 25.3. The number of carboxylic acids is 1. The van der Waals surface area contributed by atoms with E-state index in [4.69, 9.17) is 9.15 Å². The van der Waals surface area contributed by atoms with E-state index in [0.717, 1.165) is 28.0 Å². The third-order valence-electron chi connectivity index (χ3n) is 7.22. The van der Waals surface area contributed by atoms with Crippen molar-refractivity contribution in [1.82, 2.24) is 5.32 Å². The maximum atomic E-state index is 13.4. The molecule has 214 valence electrons. The van der Waals surface area contributed by atoms with E-state index in [-0.39, 0.29) is 18.9 Å². The Morgan fingerprint density at radius 1 is 0.952 bits per heavy atom. The van der Waals surface area contributed by atoms with Gasteiger partial charge < -0.3 is 19.6 Å². The SMILES string of the molecule is COC(c1ccc(C(=O)NC(CCSC)C(=O)O)c(-c2ccccc2C)c1)c1ccc(-c2ccc(C(C)C)cc2)o1.[Li+]. The number of aryl methyl sites for hydroxylation is 1. The van der Waals surface area contributed by atoms with Gasteiger partial charge in [0, 0.05) is 18.2 Å². The minimum absolute atomic E-state index is 0. The average molecular weight is 579 g/mol. The molecule has 4 aromatic rings. The van der Waals surface area contributed by atoms with Crippen LogP contribution < -0.4 is 24.2 Å². The Morgan fingerprint density at radius 3 is 2.26 bits per heavy atom. The van der Waals surface area contributed by atoms with Gasteiger partial charge in [-0.15, -0.1) is 0 Å². The fraction of sp³-hybridized carbons (Fsp3) is 0.294. The number of carbonyl (C=O) groups excluding carboxylic acids is 1. The van der Waals surface area contributed by atoms with E-state index in [1.807, 2.05) is 61.7 Å². The first-order valence-electron chi connectivity index (χ1n) is 13.7. The van der Waals surface area contributed by atoms with Crippen molar-refractivity contribution in [3.63, 3.8) is 0 Å². The van der Waals surface area contributed by atoms with Crippen LogP contribution in [0, 0.1) is 6.92 Å². The van der Waals surface area contributed by atoms with E-state index >= 15 is 0 Å². The van der Waals surface area contributed by atoms with Crippen molar-refractivity contribution in [1.29, 1.82) is 0 Å². The van der Waals surface area contributed by atoms with Gasteiger partial charge in [-0.2, -0.15) is 11.8 Å². The zero-order valence-corrected chi connectivity index (χ0v) is 26.0. The molecule has 2 N–H and O–H groups in total. The number of nitrogens with one attached hydrogen (secondary N) is 1. The molecule has 3 aromatic carbocycles. The smallest absolute Gasteiger partial charge is 0.480 e. The molecule has 6 nitrogen and oxygen atoms in total. The zero-order valence-electron chi connectivity index (χ0n) is 25.1. The summed E-state index contributed by atoms with van der Waals surface area (Å²) < 4.78 is 12.2. The molecule has 0 saturated heterocycles. The Hall–Kier alpha value is -3.21. The van der Waals surface area contributed by atoms with Crippen molar-refractivity contribution in [3.05, 3.63) is 107 Å². The number of benzene rings is 3. The Labute approximate surface area is 264 Å². The Kier molecular flexibility index (Phi) is 12.1. The first-order valence-corrected chi connectivity index (χ1v) is 15.1. The first kappa shape index (κ1) is 33.3. The van der Waals surface area contributed by atoms with E-state index in [9.17, 15) is 14.7 Å². The van der Waals surface area contributed by atoms with Crippen LogP contribution in [0.4, 0.5) is 0 Å². The van der Waals surface area contributed by atoms with Crippen LogP contribution in [0.25, 0.3) is 22.5 Å². The molecule has 0 fully saturated rings. The van der Waals surface area contributed by atoms with Gasteiger partial charge in [-0.05, 0) is 83.4 Å². The van der Waals surface area contributed by atoms with Crippen LogP contribution in [-0.2, 0) is 9.53 Å². The van der Waals surface area contributed by atoms with Crippen LogP contribution in [0.1, 0.15) is 65.1 Å². The van der Waals surface area contributed by atoms with Gasteiger partial charge in [0.05, 0.1) is 0 Å². The number of furan rings is 1. The number of aliphatic carboxylic acids is 1. The number of carbonyl (C=O) groups is 2. The molecular weight excluding hydrogens is 541 g/mol. The summed E-state index contributed by atoms with van der Waals surface area (Å²) in [5.74, 6) is 0.995. The summed E-state index contributed by atoms with van der Waals surface area (Å²) in [6.45, 7) is 6.32. The molecule has 0 bridgehead atoms. The maximum absolute atomic E-state index is 13.4. The van der Waals surface area contributed by atoms with Gasteiger partial charge in [-0.25, -0.2) is 4.79 Å². The number of ether oxygens (including phenoxy) is 1. The Bertz CT molecular complexity index is 1500. The standard InChI is InChI=1S/C34H37NO5S.Li/c1-21(2)23-10-12-24(13-11-23)30-16-17-31(40-30)32(39-4)25-14-15-27(28(20-25)26-9-7-6-8-22(26)3)33(36)35-29(34(37)38)18-19-41-5;/h6-17,20-21,29,32H,18-19H2,1-5H3,(H,35,36)(H,37,38);/q;+1. The summed E-state index contributed by atoms with van der Waals surface area (Å²) in [5.41, 5.74) is 6.05. The molecule has 8 heteroatoms. The van der Waals surface area contributed by atoms with Crippen molar-refractivity contribution in [2.45, 2.75) is 45.3 Å². The molecule has 2 unspecified atom stereocenters. The molecule has 2 atom stereocenters. The van der Waals surface area contributed by atoms with Crippen molar-refractivity contribution in [3.8, 4) is 22.5 Å². The average Bonchev–Trinajstić information content (AvgIpc) is 3.45. The number of rotatable bonds is 12. The Balaban J connectivity index is 0.00000484. The fourth-order valence-corrected chi connectivity index (χ4v) is 5.32. The third-order valence-corrected chi connectivity index (χ3v) is 7.87. The summed E-state index contributed by atoms with van der Waals surface area (Å²) in [6, 6.07) is 24.6. The number of methoxy groups -OCH3 is 1. The van der Waals surface area contributed by atoms with Crippen LogP contribution in [0.5, 0.6) is 0 Å². The van der Waals surface area contributed by atoms with Crippen LogP contribution >= 0.6 is 11.8 Å². The van der Waals surface area contributed by atoms with Crippen LogP contribution in [0.3, 0.4) is 0 Å². The van der Waals surface area contributed by atoms with Crippen molar-refractivity contribution < 1.29 is 42.7 Å². The molecule has 42 heavy (non-hydrogen) atoms. The normalized spacial score (nSPS) is 12.4. The number of hydrogen-bond acceptors (Lipinski definition) is 5. The molecule has 0 aliphatic heterocycles. The number of hydrogen-bond donors (Lipinski definition) is 2. The second-order valence-electron chi connectivity index (χ2n) is 10.4. The number of thioether (sulfide) groups is 1. The van der Waals surface area contributed by atoms with E-state index in [1.165, 1.54) is 5.56 Å². The Morgan fingerprint density at radius 2 is 1.64 bits per heavy atom. The molecule has 0 saturated carbocycles. The monoisotopic (exact) mass is 578 g/mol. The van der Waals surface area contributed by atoms with Gasteiger partial charge in [-0.1, -0.05) is 68.4 Å². The quantitative estimate of drug-likeness (QED) is 0.237. The molecule has 0 aliphatic rings. The topological polar surface area (TPSA) is 88.8 Å². The molecule has 0 radical (unpaired) electrons. The van der Waals surface area contributed by atoms with Crippen LogP contribution in [0.2, 0.25) is 0 Å². The zero-order chi connectivity index (χ0) is 29.5. The van der Waals surface area contributed by atoms with E-state index in [0.29, 0.717) is 35.0 Å². The fourth-order valence-electron chi connectivity index (χ4n) is 4.85. The predicted molar refractivity (Wildman–Crippen MR) is 166 cm³/mol. The second kappa shape index (κ2) is 15.3. The first-order chi connectivity index (χ1) is 19.7. The van der Waals surface area contributed by atoms with Gasteiger partial charge >= 0.3 is 24.8 Å². The molecular formula is C34H37LiNO5S+. The van der Waals surface area contributed by atoms with Gasteiger partial charge in [-0.3, -0.25) is 4.79 Å². The number of amides is 1. The summed E-state index contributed by atoms with van der Waals surface area (Å²) in [6.07, 6.45) is 1.74. The van der Waals surface area contributed by atoms with Crippen molar-refractivity contribution in [2.75, 3.05) is 19.1 Å². The summed E-state index contributed by atoms with van der Waals surface area (Å²) >= 11 is 1.54. The summed E-state index contributed by atoms with van der Waals surface area (Å²) in [5, 5.41) is 12.4. The third kappa shape index (κ3) is 7.79. The summed E-state index contributed by atoms with van der Waals surface area (Å²) in [7, 11) is 1.63. The maximum Gasteiger partial charge on any atom is 1.00 e. The van der Waals surface area contributed by atoms with Crippen molar-refractivity contribution >= 4 is 23.6 Å². The minimum atomic E-state index is -1.05. The largest absolute Gasteiger partial charge is 1.00 e. The minimum Gasteiger partial charge on any atom is -0.480 e. The van der Waals surface area contributed by atoms with E-state index < -0.39 is 24.0 Å². The number of carboxylic acid groups (broad SMARTS) is 1. The molecule has 0 aliphatic carbocycles. The van der Waals surface area contributed by atoms with Crippen LogP contribution in [0.15, 0.2) is 83.3 Å². The molecule has 1 amide bonds. The van der Waals surface area contributed by atoms with E-state index in [2.05, 4.69) is 43.4 Å².